The highest BCUT2D eigenvalue weighted by atomic mass is 32.2. The molecule has 1 saturated heterocycles. The second-order valence-corrected chi connectivity index (χ2v) is 7.15. The van der Waals surface area contributed by atoms with Crippen LogP contribution in [0.15, 0.2) is 4.21 Å². The highest BCUT2D eigenvalue weighted by molar-refractivity contribution is 7.91. The number of hydrogen-bond donors (Lipinski definition) is 1. The van der Waals surface area contributed by atoms with Crippen molar-refractivity contribution in [3.63, 3.8) is 0 Å². The van der Waals surface area contributed by atoms with Crippen LogP contribution in [0, 0.1) is 6.92 Å². The number of rotatable bonds is 2. The summed E-state index contributed by atoms with van der Waals surface area (Å²) in [5, 5.41) is 0.308. The highest BCUT2D eigenvalue weighted by Crippen LogP contribution is 2.31. The van der Waals surface area contributed by atoms with Crippen LogP contribution in [0.1, 0.15) is 25.5 Å². The molecule has 0 radical (unpaired) electrons. The van der Waals surface area contributed by atoms with Gasteiger partial charge >= 0.3 is 0 Å². The summed E-state index contributed by atoms with van der Waals surface area (Å²) in [5.41, 5.74) is 6.04. The Morgan fingerprint density at radius 3 is 2.69 bits per heavy atom. The van der Waals surface area contributed by atoms with Crippen LogP contribution >= 0.6 is 11.3 Å². The molecule has 1 aromatic heterocycles. The molecule has 0 aliphatic carbocycles. The fourth-order valence-electron chi connectivity index (χ4n) is 2.01. The van der Waals surface area contributed by atoms with Crippen molar-refractivity contribution in [2.24, 2.45) is 0 Å². The van der Waals surface area contributed by atoms with Crippen molar-refractivity contribution < 1.29 is 8.42 Å². The van der Waals surface area contributed by atoms with E-state index >= 15 is 0 Å². The molecule has 1 aliphatic heterocycles. The Kier molecular flexibility index (Phi) is 2.93. The molecule has 2 rings (SSSR count). The first-order valence-corrected chi connectivity index (χ1v) is 7.43. The van der Waals surface area contributed by atoms with Crippen LogP contribution in [-0.4, -0.2) is 30.3 Å². The zero-order valence-electron chi connectivity index (χ0n) is 9.30. The minimum atomic E-state index is -3.39. The summed E-state index contributed by atoms with van der Waals surface area (Å²) in [6.07, 6.45) is 1.85. The molecule has 0 amide bonds. The average Bonchev–Trinajstić information content (AvgIpc) is 2.72. The molecule has 90 valence electrons. The molecule has 1 unspecified atom stereocenters. The minimum Gasteiger partial charge on any atom is -0.375 e. The number of sulfonamides is 1. The first-order valence-electron chi connectivity index (χ1n) is 5.17. The molecule has 0 saturated carbocycles. The van der Waals surface area contributed by atoms with Crippen molar-refractivity contribution in [3.05, 3.63) is 5.69 Å². The monoisotopic (exact) mass is 261 g/mol. The third-order valence-corrected chi connectivity index (χ3v) is 6.39. The van der Waals surface area contributed by atoms with E-state index in [4.69, 9.17) is 5.73 Å². The Balaban J connectivity index is 2.42. The normalized spacial score (nSPS) is 22.8. The van der Waals surface area contributed by atoms with Gasteiger partial charge in [-0.2, -0.15) is 4.31 Å². The Morgan fingerprint density at radius 1 is 1.56 bits per heavy atom. The van der Waals surface area contributed by atoms with Gasteiger partial charge in [0.1, 0.15) is 0 Å². The standard InChI is InChI=1S/C9H15N3O2S2/c1-6-4-3-5-12(6)16(13,14)8-7(2)11-9(10)15-8/h6H,3-5H2,1-2H3,(H2,10,11). The van der Waals surface area contributed by atoms with Gasteiger partial charge in [-0.25, -0.2) is 13.4 Å². The molecule has 1 atom stereocenters. The van der Waals surface area contributed by atoms with E-state index in [0.29, 0.717) is 21.6 Å². The Morgan fingerprint density at radius 2 is 2.25 bits per heavy atom. The molecule has 1 aromatic rings. The average molecular weight is 261 g/mol. The Hall–Kier alpha value is -0.660. The predicted molar refractivity (Wildman–Crippen MR) is 63.9 cm³/mol. The molecule has 2 heterocycles. The molecule has 0 spiro atoms. The number of aromatic nitrogens is 1. The van der Waals surface area contributed by atoms with Crippen molar-refractivity contribution in [3.8, 4) is 0 Å². The number of aryl methyl sites for hydroxylation is 1. The van der Waals surface area contributed by atoms with Gasteiger partial charge in [0.25, 0.3) is 10.0 Å². The van der Waals surface area contributed by atoms with E-state index in [1.54, 1.807) is 11.2 Å². The first-order chi connectivity index (χ1) is 7.43. The lowest BCUT2D eigenvalue weighted by atomic mass is 10.3. The summed E-state index contributed by atoms with van der Waals surface area (Å²) < 4.78 is 26.5. The maximum absolute atomic E-state index is 12.3. The van der Waals surface area contributed by atoms with E-state index in [-0.39, 0.29) is 6.04 Å². The van der Waals surface area contributed by atoms with Crippen LogP contribution in [0.3, 0.4) is 0 Å². The Bertz CT molecular complexity index is 495. The third kappa shape index (κ3) is 1.83. The van der Waals surface area contributed by atoms with E-state index in [9.17, 15) is 8.42 Å². The summed E-state index contributed by atoms with van der Waals surface area (Å²) in [5.74, 6) is 0. The third-order valence-electron chi connectivity index (χ3n) is 2.81. The number of thiazole rings is 1. The van der Waals surface area contributed by atoms with Gasteiger partial charge in [-0.3, -0.25) is 0 Å². The van der Waals surface area contributed by atoms with Gasteiger partial charge in [0.2, 0.25) is 0 Å². The molecule has 1 fully saturated rings. The second-order valence-electron chi connectivity index (χ2n) is 4.03. The first kappa shape index (κ1) is 11.8. The van der Waals surface area contributed by atoms with E-state index < -0.39 is 10.0 Å². The van der Waals surface area contributed by atoms with E-state index in [1.807, 2.05) is 6.92 Å². The smallest absolute Gasteiger partial charge is 0.254 e. The summed E-state index contributed by atoms with van der Waals surface area (Å²) >= 11 is 1.05. The number of nitrogen functional groups attached to an aromatic ring is 1. The molecule has 0 aromatic carbocycles. The predicted octanol–water partition coefficient (Wildman–Crippen LogP) is 1.21. The van der Waals surface area contributed by atoms with Crippen molar-refractivity contribution in [2.45, 2.75) is 36.9 Å². The van der Waals surface area contributed by atoms with Gasteiger partial charge in [0.15, 0.2) is 9.34 Å². The number of hydrogen-bond acceptors (Lipinski definition) is 5. The quantitative estimate of drug-likeness (QED) is 0.868. The Labute approximate surface area is 99.3 Å². The zero-order valence-corrected chi connectivity index (χ0v) is 10.9. The molecule has 0 bridgehead atoms. The number of anilines is 1. The minimum absolute atomic E-state index is 0.0766. The summed E-state index contributed by atoms with van der Waals surface area (Å²) in [6.45, 7) is 4.21. The lowest BCUT2D eigenvalue weighted by Crippen LogP contribution is -2.33. The van der Waals surface area contributed by atoms with Gasteiger partial charge in [0, 0.05) is 12.6 Å². The maximum atomic E-state index is 12.3. The van der Waals surface area contributed by atoms with E-state index in [0.717, 1.165) is 24.2 Å². The van der Waals surface area contributed by atoms with Crippen molar-refractivity contribution in [1.29, 1.82) is 0 Å². The fourth-order valence-corrected chi connectivity index (χ4v) is 5.12. The lowest BCUT2D eigenvalue weighted by molar-refractivity contribution is 0.409. The van der Waals surface area contributed by atoms with Crippen LogP contribution in [0.2, 0.25) is 0 Å². The number of nitrogens with zero attached hydrogens (tertiary/aromatic N) is 2. The fraction of sp³-hybridized carbons (Fsp3) is 0.667. The van der Waals surface area contributed by atoms with Crippen LogP contribution in [0.4, 0.5) is 5.13 Å². The molecular weight excluding hydrogens is 246 g/mol. The zero-order chi connectivity index (χ0) is 11.9. The lowest BCUT2D eigenvalue weighted by Gasteiger charge is -2.19. The van der Waals surface area contributed by atoms with E-state index in [1.165, 1.54) is 0 Å². The van der Waals surface area contributed by atoms with Gasteiger partial charge in [-0.15, -0.1) is 0 Å². The number of nitrogens with two attached hydrogens (primary N) is 1. The van der Waals surface area contributed by atoms with Crippen LogP contribution in [-0.2, 0) is 10.0 Å². The van der Waals surface area contributed by atoms with Gasteiger partial charge in [-0.1, -0.05) is 11.3 Å². The van der Waals surface area contributed by atoms with Crippen LogP contribution in [0.5, 0.6) is 0 Å². The molecular formula is C9H15N3O2S2. The van der Waals surface area contributed by atoms with Crippen molar-refractivity contribution >= 4 is 26.5 Å². The molecule has 7 heteroatoms. The second kappa shape index (κ2) is 3.97. The maximum Gasteiger partial charge on any atom is 0.254 e. The van der Waals surface area contributed by atoms with Crippen molar-refractivity contribution in [2.75, 3.05) is 12.3 Å². The molecule has 2 N–H and O–H groups in total. The van der Waals surface area contributed by atoms with Gasteiger partial charge in [-0.05, 0) is 26.7 Å². The van der Waals surface area contributed by atoms with Gasteiger partial charge < -0.3 is 5.73 Å². The highest BCUT2D eigenvalue weighted by Gasteiger charge is 2.35. The summed E-state index contributed by atoms with van der Waals surface area (Å²) in [7, 11) is -3.39. The largest absolute Gasteiger partial charge is 0.375 e. The van der Waals surface area contributed by atoms with Crippen LogP contribution in [0.25, 0.3) is 0 Å². The summed E-state index contributed by atoms with van der Waals surface area (Å²) in [6, 6.07) is 0.0766. The summed E-state index contributed by atoms with van der Waals surface area (Å²) in [4.78, 5) is 3.96. The molecule has 5 nitrogen and oxygen atoms in total. The van der Waals surface area contributed by atoms with Gasteiger partial charge in [0.05, 0.1) is 5.69 Å². The molecule has 16 heavy (non-hydrogen) atoms. The van der Waals surface area contributed by atoms with Crippen molar-refractivity contribution in [1.82, 2.24) is 9.29 Å². The molecule has 1 aliphatic rings. The SMILES string of the molecule is Cc1nc(N)sc1S(=O)(=O)N1CCCC1C. The van der Waals surface area contributed by atoms with E-state index in [2.05, 4.69) is 4.98 Å². The van der Waals surface area contributed by atoms with Crippen LogP contribution < -0.4 is 5.73 Å². The topological polar surface area (TPSA) is 76.3 Å².